The molecule has 0 fully saturated rings. The number of nitriles is 1. The number of rotatable bonds is 3. The average molecular weight is 291 g/mol. The molecule has 0 spiro atoms. The second-order valence-electron chi connectivity index (χ2n) is 3.77. The van der Waals surface area contributed by atoms with Crippen molar-refractivity contribution in [2.24, 2.45) is 5.92 Å². The van der Waals surface area contributed by atoms with Crippen molar-refractivity contribution < 1.29 is 18.0 Å². The van der Waals surface area contributed by atoms with Crippen molar-refractivity contribution >= 4 is 23.2 Å². The molecule has 1 aromatic rings. The number of alkyl halides is 3. The van der Waals surface area contributed by atoms with Crippen LogP contribution >= 0.6 is 11.6 Å². The molecular formula is C12H10ClF3N2O. The van der Waals surface area contributed by atoms with Crippen LogP contribution in [-0.4, -0.2) is 5.91 Å². The van der Waals surface area contributed by atoms with Crippen molar-refractivity contribution in [2.75, 3.05) is 5.32 Å². The van der Waals surface area contributed by atoms with Crippen LogP contribution in [0.4, 0.5) is 18.9 Å². The monoisotopic (exact) mass is 290 g/mol. The highest BCUT2D eigenvalue weighted by atomic mass is 35.5. The van der Waals surface area contributed by atoms with Crippen LogP contribution in [0.3, 0.4) is 0 Å². The minimum absolute atomic E-state index is 0.0494. The number of amides is 1. The summed E-state index contributed by atoms with van der Waals surface area (Å²) >= 11 is 5.67. The second-order valence-corrected chi connectivity index (χ2v) is 4.18. The van der Waals surface area contributed by atoms with Crippen LogP contribution in [0.15, 0.2) is 18.2 Å². The Hall–Kier alpha value is -1.74. The summed E-state index contributed by atoms with van der Waals surface area (Å²) in [5.74, 6) is -1.45. The van der Waals surface area contributed by atoms with Gasteiger partial charge in [-0.2, -0.15) is 18.4 Å². The van der Waals surface area contributed by atoms with Crippen molar-refractivity contribution in [2.45, 2.75) is 19.5 Å². The lowest BCUT2D eigenvalue weighted by molar-refractivity contribution is -0.137. The van der Waals surface area contributed by atoms with E-state index in [1.54, 1.807) is 13.0 Å². The molecule has 3 nitrogen and oxygen atoms in total. The third kappa shape index (κ3) is 3.86. The average Bonchev–Trinajstić information content (AvgIpc) is 2.32. The summed E-state index contributed by atoms with van der Waals surface area (Å²) in [6.45, 7) is 1.65. The van der Waals surface area contributed by atoms with Crippen molar-refractivity contribution in [3.63, 3.8) is 0 Å². The summed E-state index contributed by atoms with van der Waals surface area (Å²) in [5, 5.41) is 10.8. The molecule has 19 heavy (non-hydrogen) atoms. The maximum atomic E-state index is 12.4. The van der Waals surface area contributed by atoms with E-state index >= 15 is 0 Å². The van der Waals surface area contributed by atoms with Crippen LogP contribution in [0.2, 0.25) is 5.02 Å². The third-order valence-electron chi connectivity index (χ3n) is 2.43. The highest BCUT2D eigenvalue weighted by Crippen LogP contribution is 2.33. The predicted molar refractivity (Wildman–Crippen MR) is 64.5 cm³/mol. The van der Waals surface area contributed by atoms with Gasteiger partial charge in [0.15, 0.2) is 0 Å². The quantitative estimate of drug-likeness (QED) is 0.919. The van der Waals surface area contributed by atoms with Gasteiger partial charge in [0, 0.05) is 0 Å². The van der Waals surface area contributed by atoms with E-state index in [2.05, 4.69) is 5.32 Å². The lowest BCUT2D eigenvalue weighted by Crippen LogP contribution is -2.21. The fourth-order valence-corrected chi connectivity index (χ4v) is 1.58. The summed E-state index contributed by atoms with van der Waals surface area (Å²) < 4.78 is 37.2. The normalized spacial score (nSPS) is 12.6. The zero-order valence-electron chi connectivity index (χ0n) is 9.88. The van der Waals surface area contributed by atoms with E-state index in [0.717, 1.165) is 18.2 Å². The van der Waals surface area contributed by atoms with Gasteiger partial charge in [-0.1, -0.05) is 18.5 Å². The van der Waals surface area contributed by atoms with Gasteiger partial charge in [0.1, 0.15) is 5.92 Å². The van der Waals surface area contributed by atoms with E-state index in [1.165, 1.54) is 0 Å². The van der Waals surface area contributed by atoms with Gasteiger partial charge in [0.05, 0.1) is 22.3 Å². The third-order valence-corrected chi connectivity index (χ3v) is 2.75. The zero-order chi connectivity index (χ0) is 14.6. The standard InChI is InChI=1S/C12H10ClF3N2O/c1-2-7(6-17)11(19)18-10-4-3-8(5-9(10)13)12(14,15)16/h3-5,7H,2H2,1H3,(H,18,19). The molecule has 0 radical (unpaired) electrons. The van der Waals surface area contributed by atoms with E-state index in [-0.39, 0.29) is 10.7 Å². The molecule has 0 aliphatic rings. The van der Waals surface area contributed by atoms with Gasteiger partial charge in [-0.15, -0.1) is 0 Å². The lowest BCUT2D eigenvalue weighted by atomic mass is 10.1. The van der Waals surface area contributed by atoms with Crippen molar-refractivity contribution in [1.82, 2.24) is 0 Å². The molecule has 0 aliphatic heterocycles. The number of carbonyl (C=O) groups is 1. The Labute approximate surface area is 113 Å². The molecule has 1 N–H and O–H groups in total. The summed E-state index contributed by atoms with van der Waals surface area (Å²) in [6.07, 6.45) is -4.19. The van der Waals surface area contributed by atoms with Crippen molar-refractivity contribution in [3.05, 3.63) is 28.8 Å². The number of nitrogens with one attached hydrogen (secondary N) is 1. The van der Waals surface area contributed by atoms with Crippen LogP contribution in [0.5, 0.6) is 0 Å². The Morgan fingerprint density at radius 2 is 2.16 bits per heavy atom. The number of hydrogen-bond acceptors (Lipinski definition) is 2. The number of anilines is 1. The van der Waals surface area contributed by atoms with Gasteiger partial charge in [-0.25, -0.2) is 0 Å². The Bertz CT molecular complexity index is 523. The first kappa shape index (κ1) is 15.3. The molecule has 0 heterocycles. The second kappa shape index (κ2) is 5.93. The Balaban J connectivity index is 2.93. The molecular weight excluding hydrogens is 281 g/mol. The van der Waals surface area contributed by atoms with E-state index in [4.69, 9.17) is 16.9 Å². The first-order chi connectivity index (χ1) is 8.79. The number of halogens is 4. The first-order valence-electron chi connectivity index (χ1n) is 5.36. The van der Waals surface area contributed by atoms with Gasteiger partial charge in [-0.3, -0.25) is 4.79 Å². The maximum Gasteiger partial charge on any atom is 0.416 e. The van der Waals surface area contributed by atoms with Gasteiger partial charge in [0.25, 0.3) is 0 Å². The highest BCUT2D eigenvalue weighted by molar-refractivity contribution is 6.33. The number of nitrogens with zero attached hydrogens (tertiary/aromatic N) is 1. The zero-order valence-corrected chi connectivity index (χ0v) is 10.6. The molecule has 7 heteroatoms. The molecule has 1 amide bonds. The minimum Gasteiger partial charge on any atom is -0.324 e. The van der Waals surface area contributed by atoms with E-state index < -0.39 is 23.6 Å². The molecule has 1 aromatic carbocycles. The Morgan fingerprint density at radius 1 is 1.53 bits per heavy atom. The molecule has 0 aliphatic carbocycles. The maximum absolute atomic E-state index is 12.4. The topological polar surface area (TPSA) is 52.9 Å². The largest absolute Gasteiger partial charge is 0.416 e. The van der Waals surface area contributed by atoms with Gasteiger partial charge >= 0.3 is 6.18 Å². The van der Waals surface area contributed by atoms with Crippen LogP contribution in [-0.2, 0) is 11.0 Å². The number of hydrogen-bond donors (Lipinski definition) is 1. The van der Waals surface area contributed by atoms with E-state index in [0.29, 0.717) is 6.42 Å². The van der Waals surface area contributed by atoms with Gasteiger partial charge in [-0.05, 0) is 24.6 Å². The van der Waals surface area contributed by atoms with Crippen LogP contribution in [0, 0.1) is 17.2 Å². The Morgan fingerprint density at radius 3 is 2.58 bits per heavy atom. The van der Waals surface area contributed by atoms with Gasteiger partial charge < -0.3 is 5.32 Å². The molecule has 1 rings (SSSR count). The first-order valence-corrected chi connectivity index (χ1v) is 5.74. The molecule has 0 aromatic heterocycles. The minimum atomic E-state index is -4.50. The fraction of sp³-hybridized carbons (Fsp3) is 0.333. The van der Waals surface area contributed by atoms with E-state index in [1.807, 2.05) is 0 Å². The van der Waals surface area contributed by atoms with Crippen molar-refractivity contribution in [3.8, 4) is 6.07 Å². The van der Waals surface area contributed by atoms with Crippen LogP contribution < -0.4 is 5.32 Å². The van der Waals surface area contributed by atoms with Crippen LogP contribution in [0.1, 0.15) is 18.9 Å². The molecule has 0 saturated heterocycles. The van der Waals surface area contributed by atoms with Crippen LogP contribution in [0.25, 0.3) is 0 Å². The van der Waals surface area contributed by atoms with Crippen molar-refractivity contribution in [1.29, 1.82) is 5.26 Å². The van der Waals surface area contributed by atoms with E-state index in [9.17, 15) is 18.0 Å². The molecule has 1 unspecified atom stereocenters. The highest BCUT2D eigenvalue weighted by Gasteiger charge is 2.31. The molecule has 102 valence electrons. The number of carbonyl (C=O) groups excluding carboxylic acids is 1. The summed E-state index contributed by atoms with van der Waals surface area (Å²) in [7, 11) is 0. The van der Waals surface area contributed by atoms with Gasteiger partial charge in [0.2, 0.25) is 5.91 Å². The molecule has 0 bridgehead atoms. The molecule has 1 atom stereocenters. The predicted octanol–water partition coefficient (Wildman–Crippen LogP) is 3.85. The SMILES string of the molecule is CCC(C#N)C(=O)Nc1ccc(C(F)(F)F)cc1Cl. The smallest absolute Gasteiger partial charge is 0.324 e. The fourth-order valence-electron chi connectivity index (χ4n) is 1.35. The Kier molecular flexibility index (Phi) is 4.78. The summed E-state index contributed by atoms with van der Waals surface area (Å²) in [6, 6.07) is 4.40. The lowest BCUT2D eigenvalue weighted by Gasteiger charge is -2.12. The number of benzene rings is 1. The summed E-state index contributed by atoms with van der Waals surface area (Å²) in [5.41, 5.74) is -0.851. The summed E-state index contributed by atoms with van der Waals surface area (Å²) in [4.78, 5) is 11.6. The molecule has 0 saturated carbocycles.